The molecule has 21 heavy (non-hydrogen) atoms. The maximum absolute atomic E-state index is 12.8. The van der Waals surface area contributed by atoms with Crippen molar-refractivity contribution in [2.24, 2.45) is 0 Å². The summed E-state index contributed by atoms with van der Waals surface area (Å²) in [6.07, 6.45) is 1.51. The van der Waals surface area contributed by atoms with E-state index in [9.17, 15) is 4.57 Å². The minimum absolute atomic E-state index is 0.108. The van der Waals surface area contributed by atoms with Gasteiger partial charge in [-0.3, -0.25) is 4.57 Å². The van der Waals surface area contributed by atoms with Crippen LogP contribution in [0.4, 0.5) is 0 Å². The highest BCUT2D eigenvalue weighted by atomic mass is 35.5. The van der Waals surface area contributed by atoms with Gasteiger partial charge in [0.05, 0.1) is 40.2 Å². The van der Waals surface area contributed by atoms with E-state index >= 15 is 0 Å². The zero-order valence-corrected chi connectivity index (χ0v) is 15.0. The van der Waals surface area contributed by atoms with Gasteiger partial charge >= 0.3 is 7.60 Å². The summed E-state index contributed by atoms with van der Waals surface area (Å²) in [5, 5.41) is 0.386. The Bertz CT molecular complexity index is 522. The number of alkyl halides is 2. The van der Waals surface area contributed by atoms with E-state index in [1.54, 1.807) is 18.2 Å². The summed E-state index contributed by atoms with van der Waals surface area (Å²) in [7, 11) is -3.31. The van der Waals surface area contributed by atoms with Crippen LogP contribution in [0.15, 0.2) is 18.2 Å². The lowest BCUT2D eigenvalue weighted by atomic mass is 10.2. The molecular formula is C13H15Cl4O3P. The molecule has 1 saturated heterocycles. The largest absolute Gasteiger partial charge is 0.335 e. The lowest BCUT2D eigenvalue weighted by molar-refractivity contribution is 0.211. The minimum Gasteiger partial charge on any atom is -0.307 e. The average Bonchev–Trinajstić information content (AvgIpc) is 2.50. The summed E-state index contributed by atoms with van der Waals surface area (Å²) in [5.41, 5.74) is 0.726. The maximum atomic E-state index is 12.8. The Kier molecular flexibility index (Phi) is 6.71. The molecule has 1 aromatic carbocycles. The molecule has 2 rings (SSSR count). The van der Waals surface area contributed by atoms with Crippen molar-refractivity contribution in [3.63, 3.8) is 0 Å². The smallest absolute Gasteiger partial charge is 0.307 e. The molecule has 0 radical (unpaired) electrons. The predicted octanol–water partition coefficient (Wildman–Crippen LogP) is 5.73. The van der Waals surface area contributed by atoms with E-state index in [0.29, 0.717) is 22.9 Å². The van der Waals surface area contributed by atoms with E-state index in [0.717, 1.165) is 5.56 Å². The summed E-state index contributed by atoms with van der Waals surface area (Å²) in [4.78, 5) is 0. The van der Waals surface area contributed by atoms with Gasteiger partial charge in [0, 0.05) is 0 Å². The quantitative estimate of drug-likeness (QED) is 0.477. The highest BCUT2D eigenvalue weighted by molar-refractivity contribution is 7.53. The van der Waals surface area contributed by atoms with Crippen LogP contribution < -0.4 is 0 Å². The Labute approximate surface area is 144 Å². The van der Waals surface area contributed by atoms with Gasteiger partial charge in [0.15, 0.2) is 0 Å². The second-order valence-electron chi connectivity index (χ2n) is 4.88. The molecule has 0 bridgehead atoms. The van der Waals surface area contributed by atoms with Crippen LogP contribution in [-0.4, -0.2) is 24.0 Å². The van der Waals surface area contributed by atoms with Gasteiger partial charge < -0.3 is 9.05 Å². The monoisotopic (exact) mass is 390 g/mol. The van der Waals surface area contributed by atoms with Crippen LogP contribution >= 0.6 is 54.0 Å². The molecule has 0 aromatic heterocycles. The van der Waals surface area contributed by atoms with Crippen LogP contribution in [0.3, 0.4) is 0 Å². The first kappa shape index (κ1) is 17.9. The standard InChI is InChI=1S/C13H15Cl4O3P/c14-10-2-3-11(15)7-20-21(18,19-6-10)8-9-1-4-12(16)13(17)5-9/h1,4-5,10-11H,2-3,6-8H2. The van der Waals surface area contributed by atoms with Crippen LogP contribution in [0.25, 0.3) is 0 Å². The second-order valence-corrected chi connectivity index (χ2v) is 8.98. The minimum atomic E-state index is -3.31. The van der Waals surface area contributed by atoms with Crippen LogP contribution in [-0.2, 0) is 19.8 Å². The Morgan fingerprint density at radius 2 is 1.62 bits per heavy atom. The first-order valence-corrected chi connectivity index (χ1v) is 9.84. The summed E-state index contributed by atoms with van der Waals surface area (Å²) < 4.78 is 23.7. The van der Waals surface area contributed by atoms with E-state index in [1.165, 1.54) is 0 Å². The Morgan fingerprint density at radius 3 is 2.14 bits per heavy atom. The van der Waals surface area contributed by atoms with Crippen LogP contribution in [0.1, 0.15) is 18.4 Å². The van der Waals surface area contributed by atoms with Gasteiger partial charge in [0.1, 0.15) is 0 Å². The van der Waals surface area contributed by atoms with Crippen LogP contribution in [0.2, 0.25) is 10.0 Å². The molecule has 8 heteroatoms. The third kappa shape index (κ3) is 5.58. The van der Waals surface area contributed by atoms with Gasteiger partial charge in [-0.15, -0.1) is 23.2 Å². The highest BCUT2D eigenvalue weighted by Crippen LogP contribution is 2.53. The molecule has 0 spiro atoms. The molecule has 1 heterocycles. The van der Waals surface area contributed by atoms with Gasteiger partial charge in [-0.05, 0) is 30.5 Å². The normalized spacial score (nSPS) is 31.2. The predicted molar refractivity (Wildman–Crippen MR) is 88.2 cm³/mol. The summed E-state index contributed by atoms with van der Waals surface area (Å²) in [6.45, 7) is 0.341. The van der Waals surface area contributed by atoms with Gasteiger partial charge in [-0.25, -0.2) is 0 Å². The van der Waals surface area contributed by atoms with E-state index in [2.05, 4.69) is 0 Å². The molecule has 2 unspecified atom stereocenters. The summed E-state index contributed by atoms with van der Waals surface area (Å²) in [6, 6.07) is 5.04. The number of benzene rings is 1. The average molecular weight is 392 g/mol. The first-order valence-electron chi connectivity index (χ1n) is 6.48. The highest BCUT2D eigenvalue weighted by Gasteiger charge is 2.29. The van der Waals surface area contributed by atoms with E-state index < -0.39 is 7.60 Å². The van der Waals surface area contributed by atoms with Crippen molar-refractivity contribution in [3.05, 3.63) is 33.8 Å². The van der Waals surface area contributed by atoms with Crippen molar-refractivity contribution >= 4 is 54.0 Å². The number of rotatable bonds is 2. The maximum Gasteiger partial charge on any atom is 0.335 e. The van der Waals surface area contributed by atoms with E-state index in [-0.39, 0.29) is 30.1 Å². The molecule has 0 amide bonds. The molecule has 0 saturated carbocycles. The molecule has 1 fully saturated rings. The fourth-order valence-corrected chi connectivity index (χ4v) is 4.50. The fraction of sp³-hybridized carbons (Fsp3) is 0.538. The Hall–Kier alpha value is 0.530. The zero-order valence-electron chi connectivity index (χ0n) is 11.1. The molecule has 0 aliphatic carbocycles. The van der Waals surface area contributed by atoms with Crippen molar-refractivity contribution in [2.45, 2.75) is 29.8 Å². The number of hydrogen-bond acceptors (Lipinski definition) is 3. The molecule has 118 valence electrons. The van der Waals surface area contributed by atoms with Crippen molar-refractivity contribution in [2.75, 3.05) is 13.2 Å². The fourth-order valence-electron chi connectivity index (χ4n) is 1.91. The van der Waals surface area contributed by atoms with Crippen molar-refractivity contribution in [3.8, 4) is 0 Å². The van der Waals surface area contributed by atoms with E-state index in [4.69, 9.17) is 55.5 Å². The molecule has 1 aliphatic heterocycles. The second kappa shape index (κ2) is 7.88. The zero-order chi connectivity index (χ0) is 15.5. The molecule has 1 aliphatic rings. The number of hydrogen-bond donors (Lipinski definition) is 0. The Morgan fingerprint density at radius 1 is 1.05 bits per heavy atom. The van der Waals surface area contributed by atoms with Crippen LogP contribution in [0, 0.1) is 0 Å². The van der Waals surface area contributed by atoms with Crippen LogP contribution in [0.5, 0.6) is 0 Å². The summed E-state index contributed by atoms with van der Waals surface area (Å²) >= 11 is 24.0. The molecule has 0 N–H and O–H groups in total. The SMILES string of the molecule is O=P1(Cc2ccc(Cl)c(Cl)c2)OCC(Cl)CCC(Cl)CO1. The van der Waals surface area contributed by atoms with Crippen molar-refractivity contribution < 1.29 is 13.6 Å². The summed E-state index contributed by atoms with van der Waals surface area (Å²) in [5.74, 6) is 0. The van der Waals surface area contributed by atoms with Crippen molar-refractivity contribution in [1.82, 2.24) is 0 Å². The molecular weight excluding hydrogens is 377 g/mol. The van der Waals surface area contributed by atoms with Gasteiger partial charge in [-0.2, -0.15) is 0 Å². The third-order valence-electron chi connectivity index (χ3n) is 3.06. The lowest BCUT2D eigenvalue weighted by Crippen LogP contribution is -2.09. The third-order valence-corrected chi connectivity index (χ3v) is 6.32. The first-order chi connectivity index (χ1) is 9.88. The van der Waals surface area contributed by atoms with Crippen molar-refractivity contribution in [1.29, 1.82) is 0 Å². The van der Waals surface area contributed by atoms with Gasteiger partial charge in [-0.1, -0.05) is 29.3 Å². The topological polar surface area (TPSA) is 35.5 Å². The van der Waals surface area contributed by atoms with Gasteiger partial charge in [0.25, 0.3) is 0 Å². The molecule has 3 nitrogen and oxygen atoms in total. The molecule has 1 aromatic rings. The Balaban J connectivity index is 2.13. The lowest BCUT2D eigenvalue weighted by Gasteiger charge is -2.19. The molecule has 2 atom stereocenters. The number of halogens is 4. The van der Waals surface area contributed by atoms with E-state index in [1.807, 2.05) is 0 Å². The van der Waals surface area contributed by atoms with Gasteiger partial charge in [0.2, 0.25) is 0 Å².